The Morgan fingerprint density at radius 2 is 1.82 bits per heavy atom. The molecular formula is C14H24N2O. The van der Waals surface area contributed by atoms with Crippen LogP contribution in [0.25, 0.3) is 0 Å². The largest absolute Gasteiger partial charge is 0.494 e. The molecule has 0 bridgehead atoms. The van der Waals surface area contributed by atoms with Gasteiger partial charge in [-0.05, 0) is 52.1 Å². The van der Waals surface area contributed by atoms with Crippen molar-refractivity contribution in [3.63, 3.8) is 0 Å². The van der Waals surface area contributed by atoms with Gasteiger partial charge in [-0.1, -0.05) is 12.1 Å². The molecule has 0 heterocycles. The van der Waals surface area contributed by atoms with Gasteiger partial charge in [0.25, 0.3) is 0 Å². The van der Waals surface area contributed by atoms with E-state index in [0.717, 1.165) is 12.2 Å². The van der Waals surface area contributed by atoms with Gasteiger partial charge in [-0.15, -0.1) is 0 Å². The minimum absolute atomic E-state index is 0.00707. The van der Waals surface area contributed by atoms with Gasteiger partial charge in [0.1, 0.15) is 5.75 Å². The van der Waals surface area contributed by atoms with Crippen LogP contribution in [0.1, 0.15) is 19.4 Å². The van der Waals surface area contributed by atoms with Gasteiger partial charge in [-0.3, -0.25) is 0 Å². The van der Waals surface area contributed by atoms with Crippen LogP contribution in [0.5, 0.6) is 5.75 Å². The van der Waals surface area contributed by atoms with Crippen LogP contribution in [0.2, 0.25) is 0 Å². The zero-order chi connectivity index (χ0) is 12.9. The Kier molecular flexibility index (Phi) is 4.97. The molecule has 0 saturated carbocycles. The second-order valence-electron chi connectivity index (χ2n) is 4.85. The maximum absolute atomic E-state index is 5.87. The average Bonchev–Trinajstić information content (AvgIpc) is 2.31. The Hall–Kier alpha value is -1.06. The molecule has 17 heavy (non-hydrogen) atoms. The lowest BCUT2D eigenvalue weighted by Crippen LogP contribution is -2.49. The van der Waals surface area contributed by atoms with Crippen molar-refractivity contribution in [2.75, 3.05) is 27.2 Å². The number of nitrogens with zero attached hydrogens (tertiary/aromatic N) is 1. The third-order valence-corrected chi connectivity index (χ3v) is 3.34. The SMILES string of the molecule is CCOc1ccc(CC(C)(CN)N(C)C)cc1. The number of nitrogens with two attached hydrogens (primary N) is 1. The lowest BCUT2D eigenvalue weighted by atomic mass is 9.92. The smallest absolute Gasteiger partial charge is 0.119 e. The topological polar surface area (TPSA) is 38.5 Å². The van der Waals surface area contributed by atoms with Gasteiger partial charge < -0.3 is 15.4 Å². The van der Waals surface area contributed by atoms with Crippen LogP contribution in [0.3, 0.4) is 0 Å². The van der Waals surface area contributed by atoms with Crippen molar-refractivity contribution in [1.29, 1.82) is 0 Å². The highest BCUT2D eigenvalue weighted by Crippen LogP contribution is 2.19. The molecule has 96 valence electrons. The van der Waals surface area contributed by atoms with Crippen molar-refractivity contribution >= 4 is 0 Å². The van der Waals surface area contributed by atoms with E-state index in [1.165, 1.54) is 5.56 Å². The first-order valence-electron chi connectivity index (χ1n) is 6.11. The summed E-state index contributed by atoms with van der Waals surface area (Å²) in [6.45, 7) is 5.53. The number of likely N-dealkylation sites (N-methyl/N-ethyl adjacent to an activating group) is 1. The molecule has 0 aliphatic heterocycles. The van der Waals surface area contributed by atoms with E-state index in [-0.39, 0.29) is 5.54 Å². The Morgan fingerprint density at radius 1 is 1.24 bits per heavy atom. The van der Waals surface area contributed by atoms with Crippen molar-refractivity contribution in [2.24, 2.45) is 5.73 Å². The molecule has 0 saturated heterocycles. The van der Waals surface area contributed by atoms with Crippen LogP contribution >= 0.6 is 0 Å². The maximum atomic E-state index is 5.87. The summed E-state index contributed by atoms with van der Waals surface area (Å²) in [7, 11) is 4.14. The highest BCUT2D eigenvalue weighted by molar-refractivity contribution is 5.28. The summed E-state index contributed by atoms with van der Waals surface area (Å²) in [4.78, 5) is 2.18. The van der Waals surface area contributed by atoms with Gasteiger partial charge in [0, 0.05) is 12.1 Å². The van der Waals surface area contributed by atoms with Crippen LogP contribution in [-0.4, -0.2) is 37.7 Å². The number of hydrogen-bond donors (Lipinski definition) is 1. The lowest BCUT2D eigenvalue weighted by molar-refractivity contribution is 0.181. The average molecular weight is 236 g/mol. The standard InChI is InChI=1S/C14H24N2O/c1-5-17-13-8-6-12(7-9-13)10-14(2,11-15)16(3)4/h6-9H,5,10-11,15H2,1-4H3. The third-order valence-electron chi connectivity index (χ3n) is 3.34. The van der Waals surface area contributed by atoms with Crippen LogP contribution in [-0.2, 0) is 6.42 Å². The molecule has 0 spiro atoms. The van der Waals surface area contributed by atoms with E-state index in [9.17, 15) is 0 Å². The summed E-state index contributed by atoms with van der Waals surface area (Å²) in [5.74, 6) is 0.926. The van der Waals surface area contributed by atoms with Crippen LogP contribution in [0, 0.1) is 0 Å². The molecule has 2 N–H and O–H groups in total. The van der Waals surface area contributed by atoms with E-state index in [2.05, 4.69) is 38.1 Å². The Morgan fingerprint density at radius 3 is 2.24 bits per heavy atom. The normalized spacial score (nSPS) is 14.7. The second kappa shape index (κ2) is 6.03. The van der Waals surface area contributed by atoms with E-state index >= 15 is 0 Å². The molecule has 0 aromatic heterocycles. The highest BCUT2D eigenvalue weighted by atomic mass is 16.5. The maximum Gasteiger partial charge on any atom is 0.119 e. The van der Waals surface area contributed by atoms with Crippen LogP contribution in [0.4, 0.5) is 0 Å². The molecule has 0 fully saturated rings. The zero-order valence-electron chi connectivity index (χ0n) is 11.4. The summed E-state index contributed by atoms with van der Waals surface area (Å²) in [5.41, 5.74) is 7.16. The minimum Gasteiger partial charge on any atom is -0.494 e. The van der Waals surface area contributed by atoms with Crippen LogP contribution in [0.15, 0.2) is 24.3 Å². The highest BCUT2D eigenvalue weighted by Gasteiger charge is 2.25. The molecule has 3 nitrogen and oxygen atoms in total. The van der Waals surface area contributed by atoms with Gasteiger partial charge in [0.15, 0.2) is 0 Å². The molecule has 3 heteroatoms. The van der Waals surface area contributed by atoms with Gasteiger partial charge >= 0.3 is 0 Å². The summed E-state index contributed by atoms with van der Waals surface area (Å²) < 4.78 is 5.43. The monoisotopic (exact) mass is 236 g/mol. The first-order chi connectivity index (χ1) is 8.01. The summed E-state index contributed by atoms with van der Waals surface area (Å²) in [5, 5.41) is 0. The fourth-order valence-corrected chi connectivity index (χ4v) is 1.72. The number of hydrogen-bond acceptors (Lipinski definition) is 3. The summed E-state index contributed by atoms with van der Waals surface area (Å²) >= 11 is 0. The summed E-state index contributed by atoms with van der Waals surface area (Å²) in [6, 6.07) is 8.27. The predicted molar refractivity (Wildman–Crippen MR) is 72.5 cm³/mol. The van der Waals surface area contributed by atoms with Gasteiger partial charge in [0.05, 0.1) is 6.61 Å². The number of ether oxygens (including phenoxy) is 1. The Balaban J connectivity index is 2.74. The van der Waals surface area contributed by atoms with Crippen molar-refractivity contribution in [3.8, 4) is 5.75 Å². The first-order valence-corrected chi connectivity index (χ1v) is 6.11. The predicted octanol–water partition coefficient (Wildman–Crippen LogP) is 1.91. The first kappa shape index (κ1) is 14.0. The fraction of sp³-hybridized carbons (Fsp3) is 0.571. The minimum atomic E-state index is 0.00707. The molecule has 1 aromatic carbocycles. The van der Waals surface area contributed by atoms with Crippen molar-refractivity contribution < 1.29 is 4.74 Å². The second-order valence-corrected chi connectivity index (χ2v) is 4.85. The molecule has 0 amide bonds. The van der Waals surface area contributed by atoms with E-state index in [4.69, 9.17) is 10.5 Å². The third kappa shape index (κ3) is 3.72. The quantitative estimate of drug-likeness (QED) is 0.820. The van der Waals surface area contributed by atoms with Crippen molar-refractivity contribution in [3.05, 3.63) is 29.8 Å². The van der Waals surface area contributed by atoms with Crippen LogP contribution < -0.4 is 10.5 Å². The fourth-order valence-electron chi connectivity index (χ4n) is 1.72. The van der Waals surface area contributed by atoms with E-state index in [0.29, 0.717) is 13.2 Å². The Bertz CT molecular complexity index is 335. The van der Waals surface area contributed by atoms with Crippen molar-refractivity contribution in [2.45, 2.75) is 25.8 Å². The Labute approximate surface area is 105 Å². The van der Waals surface area contributed by atoms with Gasteiger partial charge in [0.2, 0.25) is 0 Å². The number of benzene rings is 1. The molecule has 0 aliphatic carbocycles. The van der Waals surface area contributed by atoms with E-state index in [1.807, 2.05) is 19.1 Å². The molecule has 0 aliphatic rings. The molecular weight excluding hydrogens is 212 g/mol. The lowest BCUT2D eigenvalue weighted by Gasteiger charge is -2.35. The van der Waals surface area contributed by atoms with E-state index in [1.54, 1.807) is 0 Å². The molecule has 1 aromatic rings. The molecule has 1 atom stereocenters. The summed E-state index contributed by atoms with van der Waals surface area (Å²) in [6.07, 6.45) is 0.947. The molecule has 0 radical (unpaired) electrons. The van der Waals surface area contributed by atoms with Gasteiger partial charge in [-0.2, -0.15) is 0 Å². The molecule has 1 rings (SSSR count). The molecule has 1 unspecified atom stereocenters. The van der Waals surface area contributed by atoms with Crippen molar-refractivity contribution in [1.82, 2.24) is 4.90 Å². The zero-order valence-corrected chi connectivity index (χ0v) is 11.4. The van der Waals surface area contributed by atoms with Gasteiger partial charge in [-0.25, -0.2) is 0 Å². The van der Waals surface area contributed by atoms with E-state index < -0.39 is 0 Å². The number of rotatable bonds is 6.